The van der Waals surface area contributed by atoms with Gasteiger partial charge in [0, 0.05) is 16.7 Å². The second kappa shape index (κ2) is 7.56. The van der Waals surface area contributed by atoms with E-state index in [0.29, 0.717) is 13.0 Å². The Labute approximate surface area is 127 Å². The highest BCUT2D eigenvalue weighted by Crippen LogP contribution is 2.17. The molecule has 0 aromatic heterocycles. The number of nitriles is 1. The monoisotopic (exact) mass is 330 g/mol. The van der Waals surface area contributed by atoms with Crippen LogP contribution in [0, 0.1) is 11.3 Å². The average Bonchev–Trinajstić information content (AvgIpc) is 2.46. The Bertz CT molecular complexity index is 590. The van der Waals surface area contributed by atoms with Gasteiger partial charge in [-0.2, -0.15) is 5.26 Å². The molecule has 0 unspecified atom stereocenters. The first-order valence-corrected chi connectivity index (χ1v) is 7.15. The van der Waals surface area contributed by atoms with Gasteiger partial charge in [-0.15, -0.1) is 0 Å². The highest BCUT2D eigenvalue weighted by atomic mass is 79.9. The third kappa shape index (κ3) is 4.60. The van der Waals surface area contributed by atoms with E-state index in [1.807, 2.05) is 48.5 Å². The highest BCUT2D eigenvalue weighted by molar-refractivity contribution is 9.10. The number of nitrogens with one attached hydrogen (secondary N) is 1. The van der Waals surface area contributed by atoms with Crippen molar-refractivity contribution in [2.24, 2.45) is 0 Å². The van der Waals surface area contributed by atoms with Crippen molar-refractivity contribution in [3.05, 3.63) is 58.6 Å². The minimum atomic E-state index is 0.451. The Morgan fingerprint density at radius 1 is 1.15 bits per heavy atom. The van der Waals surface area contributed by atoms with Crippen molar-refractivity contribution in [3.8, 4) is 11.8 Å². The van der Waals surface area contributed by atoms with Gasteiger partial charge in [-0.3, -0.25) is 0 Å². The number of halogens is 1. The van der Waals surface area contributed by atoms with E-state index < -0.39 is 0 Å². The van der Waals surface area contributed by atoms with E-state index in [4.69, 9.17) is 10.00 Å². The van der Waals surface area contributed by atoms with E-state index >= 15 is 0 Å². The van der Waals surface area contributed by atoms with Crippen molar-refractivity contribution >= 4 is 21.6 Å². The summed E-state index contributed by atoms with van der Waals surface area (Å²) in [6.45, 7) is 1.32. The van der Waals surface area contributed by atoms with E-state index in [0.717, 1.165) is 28.0 Å². The van der Waals surface area contributed by atoms with Crippen LogP contribution in [0.3, 0.4) is 0 Å². The molecule has 0 amide bonds. The number of benzene rings is 2. The molecule has 0 aliphatic rings. The number of hydrogen-bond acceptors (Lipinski definition) is 3. The molecule has 20 heavy (non-hydrogen) atoms. The molecule has 4 heteroatoms. The van der Waals surface area contributed by atoms with Gasteiger partial charge in [-0.05, 0) is 35.9 Å². The van der Waals surface area contributed by atoms with Gasteiger partial charge in [0.1, 0.15) is 12.4 Å². The molecule has 2 rings (SSSR count). The molecular formula is C16H15BrN2O. The van der Waals surface area contributed by atoms with Gasteiger partial charge in [0.25, 0.3) is 0 Å². The van der Waals surface area contributed by atoms with Gasteiger partial charge in [0.05, 0.1) is 12.5 Å². The summed E-state index contributed by atoms with van der Waals surface area (Å²) in [5.41, 5.74) is 2.06. The Morgan fingerprint density at radius 2 is 1.95 bits per heavy atom. The third-order valence-corrected chi connectivity index (χ3v) is 3.23. The van der Waals surface area contributed by atoms with Crippen LogP contribution < -0.4 is 10.1 Å². The lowest BCUT2D eigenvalue weighted by molar-refractivity contribution is 0.332. The number of nitrogens with zero attached hydrogens (tertiary/aromatic N) is 1. The zero-order valence-electron chi connectivity index (χ0n) is 11.0. The minimum Gasteiger partial charge on any atom is -0.492 e. The molecule has 0 heterocycles. The molecule has 0 spiro atoms. The molecule has 0 radical (unpaired) electrons. The van der Waals surface area contributed by atoms with Gasteiger partial charge >= 0.3 is 0 Å². The van der Waals surface area contributed by atoms with Crippen LogP contribution >= 0.6 is 15.9 Å². The van der Waals surface area contributed by atoms with Crippen molar-refractivity contribution in [2.75, 3.05) is 18.5 Å². The van der Waals surface area contributed by atoms with Crippen LogP contribution in [0.25, 0.3) is 0 Å². The van der Waals surface area contributed by atoms with Gasteiger partial charge in [0.15, 0.2) is 0 Å². The van der Waals surface area contributed by atoms with Crippen LogP contribution in [0.4, 0.5) is 5.69 Å². The maximum Gasteiger partial charge on any atom is 0.120 e. The van der Waals surface area contributed by atoms with Crippen molar-refractivity contribution in [2.45, 2.75) is 6.42 Å². The molecule has 0 saturated heterocycles. The van der Waals surface area contributed by atoms with Crippen LogP contribution in [-0.4, -0.2) is 13.2 Å². The summed E-state index contributed by atoms with van der Waals surface area (Å²) in [7, 11) is 0. The molecular weight excluding hydrogens is 316 g/mol. The molecule has 2 aromatic rings. The maximum absolute atomic E-state index is 8.60. The predicted octanol–water partition coefficient (Wildman–Crippen LogP) is 4.01. The predicted molar refractivity (Wildman–Crippen MR) is 83.9 cm³/mol. The van der Waals surface area contributed by atoms with Crippen LogP contribution in [-0.2, 0) is 6.42 Å². The molecule has 0 fully saturated rings. The van der Waals surface area contributed by atoms with Gasteiger partial charge < -0.3 is 10.1 Å². The van der Waals surface area contributed by atoms with Crippen LogP contribution in [0.15, 0.2) is 53.0 Å². The second-order valence-corrected chi connectivity index (χ2v) is 5.18. The molecule has 2 aromatic carbocycles. The van der Waals surface area contributed by atoms with E-state index in [-0.39, 0.29) is 0 Å². The Balaban J connectivity index is 1.74. The van der Waals surface area contributed by atoms with Crippen LogP contribution in [0.1, 0.15) is 5.56 Å². The van der Waals surface area contributed by atoms with Crippen molar-refractivity contribution < 1.29 is 4.74 Å². The summed E-state index contributed by atoms with van der Waals surface area (Å²) in [5.74, 6) is 0.852. The normalized spacial score (nSPS) is 9.80. The summed E-state index contributed by atoms with van der Waals surface area (Å²) in [6, 6.07) is 17.8. The molecule has 0 bridgehead atoms. The van der Waals surface area contributed by atoms with E-state index in [9.17, 15) is 0 Å². The zero-order valence-corrected chi connectivity index (χ0v) is 12.6. The highest BCUT2D eigenvalue weighted by Gasteiger charge is 1.96. The lowest BCUT2D eigenvalue weighted by Gasteiger charge is -2.09. The fourth-order valence-electron chi connectivity index (χ4n) is 1.75. The molecule has 0 saturated carbocycles. The zero-order chi connectivity index (χ0) is 14.2. The number of hydrogen-bond donors (Lipinski definition) is 1. The number of anilines is 1. The SMILES string of the molecule is N#CCc1ccc(NCCOc2cccc(Br)c2)cc1. The summed E-state index contributed by atoms with van der Waals surface area (Å²) in [5, 5.41) is 11.9. The summed E-state index contributed by atoms with van der Waals surface area (Å²) < 4.78 is 6.65. The first kappa shape index (κ1) is 14.4. The quantitative estimate of drug-likeness (QED) is 0.814. The lowest BCUT2D eigenvalue weighted by Crippen LogP contribution is -2.11. The number of ether oxygens (including phenoxy) is 1. The summed E-state index contributed by atoms with van der Waals surface area (Å²) in [4.78, 5) is 0. The number of rotatable bonds is 6. The van der Waals surface area contributed by atoms with Crippen molar-refractivity contribution in [1.82, 2.24) is 0 Å². The Kier molecular flexibility index (Phi) is 5.45. The van der Waals surface area contributed by atoms with Crippen LogP contribution in [0.5, 0.6) is 5.75 Å². The molecule has 0 atom stereocenters. The largest absolute Gasteiger partial charge is 0.492 e. The molecule has 3 nitrogen and oxygen atoms in total. The lowest BCUT2D eigenvalue weighted by atomic mass is 10.1. The van der Waals surface area contributed by atoms with Crippen molar-refractivity contribution in [1.29, 1.82) is 5.26 Å². The second-order valence-electron chi connectivity index (χ2n) is 4.26. The smallest absolute Gasteiger partial charge is 0.120 e. The molecule has 0 aliphatic carbocycles. The first-order chi connectivity index (χ1) is 9.78. The van der Waals surface area contributed by atoms with Gasteiger partial charge in [0.2, 0.25) is 0 Å². The fraction of sp³-hybridized carbons (Fsp3) is 0.188. The molecule has 1 N–H and O–H groups in total. The van der Waals surface area contributed by atoms with E-state index in [1.165, 1.54) is 0 Å². The van der Waals surface area contributed by atoms with E-state index in [1.54, 1.807) is 0 Å². The molecule has 0 aliphatic heterocycles. The van der Waals surface area contributed by atoms with Gasteiger partial charge in [-0.1, -0.05) is 34.1 Å². The van der Waals surface area contributed by atoms with Crippen LogP contribution in [0.2, 0.25) is 0 Å². The Hall–Kier alpha value is -1.99. The average molecular weight is 331 g/mol. The topological polar surface area (TPSA) is 45.0 Å². The van der Waals surface area contributed by atoms with E-state index in [2.05, 4.69) is 27.3 Å². The standard InChI is InChI=1S/C16H15BrN2O/c17-14-2-1-3-16(12-14)20-11-10-19-15-6-4-13(5-7-15)8-9-18/h1-7,12,19H,8,10-11H2. The summed E-state index contributed by atoms with van der Waals surface area (Å²) in [6.07, 6.45) is 0.451. The first-order valence-electron chi connectivity index (χ1n) is 6.36. The minimum absolute atomic E-state index is 0.451. The maximum atomic E-state index is 8.60. The molecule has 102 valence electrons. The third-order valence-electron chi connectivity index (χ3n) is 2.73. The van der Waals surface area contributed by atoms with Gasteiger partial charge in [-0.25, -0.2) is 0 Å². The fourth-order valence-corrected chi connectivity index (χ4v) is 2.13. The van der Waals surface area contributed by atoms with Crippen molar-refractivity contribution in [3.63, 3.8) is 0 Å². The Morgan fingerprint density at radius 3 is 2.65 bits per heavy atom. The summed E-state index contributed by atoms with van der Waals surface area (Å²) >= 11 is 3.41.